The van der Waals surface area contributed by atoms with Gasteiger partial charge < -0.3 is 5.11 Å². The minimum Gasteiger partial charge on any atom is -0.478 e. The van der Waals surface area contributed by atoms with Crippen LogP contribution in [0.15, 0.2) is 54.7 Å². The first-order valence-electron chi connectivity index (χ1n) is 6.16. The van der Waals surface area contributed by atoms with E-state index in [1.54, 1.807) is 36.5 Å². The van der Waals surface area contributed by atoms with Gasteiger partial charge in [0.15, 0.2) is 0 Å². The van der Waals surface area contributed by atoms with Crippen LogP contribution in [0.1, 0.15) is 10.4 Å². The largest absolute Gasteiger partial charge is 0.478 e. The minimum atomic E-state index is -1.02. The van der Waals surface area contributed by atoms with E-state index in [1.165, 1.54) is 10.7 Å². The number of hydrogen-bond acceptors (Lipinski definition) is 3. The molecule has 5 nitrogen and oxygen atoms in total. The first-order valence-corrected chi connectivity index (χ1v) is 6.54. The van der Waals surface area contributed by atoms with Crippen LogP contribution in [0.2, 0.25) is 5.02 Å². The van der Waals surface area contributed by atoms with Crippen LogP contribution in [0, 0.1) is 0 Å². The first kappa shape index (κ1) is 13.3. The van der Waals surface area contributed by atoms with Crippen LogP contribution in [0.4, 0.5) is 0 Å². The van der Waals surface area contributed by atoms with E-state index in [0.717, 1.165) is 5.56 Å². The zero-order chi connectivity index (χ0) is 14.8. The maximum atomic E-state index is 11.3. The summed E-state index contributed by atoms with van der Waals surface area (Å²) in [6, 6.07) is 13.9. The van der Waals surface area contributed by atoms with E-state index in [-0.39, 0.29) is 5.56 Å². The van der Waals surface area contributed by atoms with Crippen LogP contribution in [0.3, 0.4) is 0 Å². The van der Waals surface area contributed by atoms with Crippen molar-refractivity contribution in [1.82, 2.24) is 15.0 Å². The normalized spacial score (nSPS) is 10.5. The number of aromatic nitrogens is 3. The van der Waals surface area contributed by atoms with Crippen molar-refractivity contribution in [3.05, 3.63) is 65.3 Å². The number of rotatable bonds is 3. The zero-order valence-electron chi connectivity index (χ0n) is 10.8. The standard InChI is InChI=1S/C15H10ClN3O2/c16-11-5-3-4-10(8-11)14-9-17-18-19(14)13-7-2-1-6-12(13)15(20)21/h1-9H,(H,20,21). The highest BCUT2D eigenvalue weighted by atomic mass is 35.5. The lowest BCUT2D eigenvalue weighted by molar-refractivity contribution is 0.0697. The molecule has 0 radical (unpaired) electrons. The smallest absolute Gasteiger partial charge is 0.337 e. The number of carboxylic acid groups (broad SMARTS) is 1. The summed E-state index contributed by atoms with van der Waals surface area (Å²) in [5.41, 5.74) is 2.10. The molecule has 0 fully saturated rings. The summed E-state index contributed by atoms with van der Waals surface area (Å²) < 4.78 is 1.50. The molecule has 0 saturated heterocycles. The second kappa shape index (κ2) is 5.38. The van der Waals surface area contributed by atoms with E-state index < -0.39 is 5.97 Å². The van der Waals surface area contributed by atoms with Gasteiger partial charge in [0.05, 0.1) is 23.1 Å². The highest BCUT2D eigenvalue weighted by molar-refractivity contribution is 6.30. The molecule has 104 valence electrons. The molecule has 2 aromatic carbocycles. The van der Waals surface area contributed by atoms with Crippen LogP contribution in [-0.2, 0) is 0 Å². The molecule has 6 heteroatoms. The van der Waals surface area contributed by atoms with Gasteiger partial charge in [-0.1, -0.05) is 41.1 Å². The molecule has 0 aliphatic rings. The molecule has 21 heavy (non-hydrogen) atoms. The van der Waals surface area contributed by atoms with Crippen LogP contribution in [0.25, 0.3) is 16.9 Å². The Hall–Kier alpha value is -2.66. The summed E-state index contributed by atoms with van der Waals surface area (Å²) in [4.78, 5) is 11.3. The average molecular weight is 300 g/mol. The molecule has 1 heterocycles. The molecule has 3 aromatic rings. The maximum absolute atomic E-state index is 11.3. The number of halogens is 1. The van der Waals surface area contributed by atoms with E-state index in [4.69, 9.17) is 11.6 Å². The van der Waals surface area contributed by atoms with Crippen LogP contribution in [0.5, 0.6) is 0 Å². The molecule has 1 N–H and O–H groups in total. The summed E-state index contributed by atoms with van der Waals surface area (Å²) in [6.07, 6.45) is 1.57. The molecular formula is C15H10ClN3O2. The predicted octanol–water partition coefficient (Wildman–Crippen LogP) is 3.29. The van der Waals surface area contributed by atoms with E-state index in [0.29, 0.717) is 16.4 Å². The Morgan fingerprint density at radius 3 is 2.71 bits per heavy atom. The third-order valence-electron chi connectivity index (χ3n) is 3.03. The Balaban J connectivity index is 2.19. The summed E-state index contributed by atoms with van der Waals surface area (Å²) in [6.45, 7) is 0. The average Bonchev–Trinajstić information content (AvgIpc) is 2.96. The van der Waals surface area contributed by atoms with Crippen LogP contribution in [-0.4, -0.2) is 26.1 Å². The Kier molecular flexibility index (Phi) is 3.41. The molecule has 0 amide bonds. The van der Waals surface area contributed by atoms with Crippen molar-refractivity contribution >= 4 is 17.6 Å². The molecule has 0 saturated carbocycles. The van der Waals surface area contributed by atoms with Gasteiger partial charge >= 0.3 is 5.97 Å². The molecule has 0 atom stereocenters. The second-order valence-electron chi connectivity index (χ2n) is 4.36. The lowest BCUT2D eigenvalue weighted by Gasteiger charge is -2.09. The SMILES string of the molecule is O=C(O)c1ccccc1-n1nncc1-c1cccc(Cl)c1. The van der Waals surface area contributed by atoms with Gasteiger partial charge in [0.1, 0.15) is 0 Å². The molecule has 0 unspecified atom stereocenters. The van der Waals surface area contributed by atoms with E-state index >= 15 is 0 Å². The monoisotopic (exact) mass is 299 g/mol. The van der Waals surface area contributed by atoms with E-state index in [1.807, 2.05) is 12.1 Å². The van der Waals surface area contributed by atoms with Gasteiger partial charge in [-0.3, -0.25) is 0 Å². The van der Waals surface area contributed by atoms with Gasteiger partial charge in [-0.15, -0.1) is 5.10 Å². The number of hydrogen-bond donors (Lipinski definition) is 1. The van der Waals surface area contributed by atoms with E-state index in [2.05, 4.69) is 10.3 Å². The Morgan fingerprint density at radius 2 is 1.95 bits per heavy atom. The Bertz CT molecular complexity index is 814. The van der Waals surface area contributed by atoms with Gasteiger partial charge in [0, 0.05) is 10.6 Å². The summed E-state index contributed by atoms with van der Waals surface area (Å²) >= 11 is 6.00. The zero-order valence-corrected chi connectivity index (χ0v) is 11.5. The fourth-order valence-corrected chi connectivity index (χ4v) is 2.29. The van der Waals surface area contributed by atoms with Crippen LogP contribution < -0.4 is 0 Å². The predicted molar refractivity (Wildman–Crippen MR) is 78.8 cm³/mol. The fourth-order valence-electron chi connectivity index (χ4n) is 2.10. The number of aromatic carboxylic acids is 1. The number of benzene rings is 2. The molecule has 1 aromatic heterocycles. The number of carboxylic acids is 1. The first-order chi connectivity index (χ1) is 10.2. The fraction of sp³-hybridized carbons (Fsp3) is 0. The molecule has 0 spiro atoms. The Morgan fingerprint density at radius 1 is 1.14 bits per heavy atom. The minimum absolute atomic E-state index is 0.159. The van der Waals surface area contributed by atoms with Crippen molar-refractivity contribution < 1.29 is 9.90 Å². The van der Waals surface area contributed by atoms with Crippen molar-refractivity contribution in [1.29, 1.82) is 0 Å². The van der Waals surface area contributed by atoms with Gasteiger partial charge in [-0.2, -0.15) is 0 Å². The van der Waals surface area contributed by atoms with Gasteiger partial charge in [-0.25, -0.2) is 9.48 Å². The molecular weight excluding hydrogens is 290 g/mol. The molecule has 0 bridgehead atoms. The maximum Gasteiger partial charge on any atom is 0.337 e. The third-order valence-corrected chi connectivity index (χ3v) is 3.27. The molecule has 3 rings (SSSR count). The Labute approximate surface area is 125 Å². The molecule has 0 aliphatic carbocycles. The topological polar surface area (TPSA) is 68.0 Å². The van der Waals surface area contributed by atoms with Crippen molar-refractivity contribution in [3.63, 3.8) is 0 Å². The summed E-state index contributed by atoms with van der Waals surface area (Å²) in [5.74, 6) is -1.02. The van der Waals surface area contributed by atoms with Crippen LogP contribution >= 0.6 is 11.6 Å². The molecule has 0 aliphatic heterocycles. The highest BCUT2D eigenvalue weighted by Crippen LogP contribution is 2.25. The second-order valence-corrected chi connectivity index (χ2v) is 4.80. The van der Waals surface area contributed by atoms with Crippen molar-refractivity contribution in [2.75, 3.05) is 0 Å². The van der Waals surface area contributed by atoms with Crippen molar-refractivity contribution in [2.24, 2.45) is 0 Å². The number of nitrogens with zero attached hydrogens (tertiary/aromatic N) is 3. The number of carbonyl (C=O) groups is 1. The summed E-state index contributed by atoms with van der Waals surface area (Å²) in [7, 11) is 0. The van der Waals surface area contributed by atoms with Gasteiger partial charge in [-0.05, 0) is 24.3 Å². The lowest BCUT2D eigenvalue weighted by Crippen LogP contribution is -2.07. The van der Waals surface area contributed by atoms with Crippen molar-refractivity contribution in [2.45, 2.75) is 0 Å². The highest BCUT2D eigenvalue weighted by Gasteiger charge is 2.15. The quantitative estimate of drug-likeness (QED) is 0.806. The lowest BCUT2D eigenvalue weighted by atomic mass is 10.1. The van der Waals surface area contributed by atoms with Gasteiger partial charge in [0.25, 0.3) is 0 Å². The van der Waals surface area contributed by atoms with Crippen molar-refractivity contribution in [3.8, 4) is 16.9 Å². The van der Waals surface area contributed by atoms with E-state index in [9.17, 15) is 9.90 Å². The van der Waals surface area contributed by atoms with Gasteiger partial charge in [0.2, 0.25) is 0 Å². The number of para-hydroxylation sites is 1. The summed E-state index contributed by atoms with van der Waals surface area (Å²) in [5, 5.41) is 17.8. The third kappa shape index (κ3) is 2.51.